The molecule has 1 N–H and O–H groups in total. The van der Waals surface area contributed by atoms with Gasteiger partial charge >= 0.3 is 0 Å². The predicted molar refractivity (Wildman–Crippen MR) is 196 cm³/mol. The van der Waals surface area contributed by atoms with Gasteiger partial charge in [0.05, 0.1) is 17.2 Å². The number of nitrogens with zero attached hydrogens (tertiary/aromatic N) is 2. The highest BCUT2D eigenvalue weighted by Crippen LogP contribution is 2.33. The van der Waals surface area contributed by atoms with E-state index in [0.29, 0.717) is 11.3 Å². The van der Waals surface area contributed by atoms with Crippen LogP contribution in [-0.2, 0) is 32.6 Å². The molecule has 50 heavy (non-hydrogen) atoms. The number of benzene rings is 4. The van der Waals surface area contributed by atoms with E-state index in [1.165, 1.54) is 40.9 Å². The van der Waals surface area contributed by atoms with Crippen molar-refractivity contribution < 1.29 is 27.1 Å². The molecule has 0 radical (unpaired) electrons. The van der Waals surface area contributed by atoms with Gasteiger partial charge in [-0.25, -0.2) is 12.8 Å². The number of hydrogen-bond acceptors (Lipinski definition) is 6. The smallest absolute Gasteiger partial charge is 0.264 e. The number of sulfonamides is 1. The van der Waals surface area contributed by atoms with Gasteiger partial charge in [-0.1, -0.05) is 73.9 Å². The summed E-state index contributed by atoms with van der Waals surface area (Å²) in [5, 5.41) is 3.20. The van der Waals surface area contributed by atoms with Crippen LogP contribution in [-0.4, -0.2) is 56.6 Å². The number of rotatable bonds is 15. The van der Waals surface area contributed by atoms with Crippen LogP contribution in [0.5, 0.6) is 5.75 Å². The average Bonchev–Trinajstić information content (AvgIpc) is 3.14. The number of carbonyl (C=O) groups excluding carboxylic acids is 2. The van der Waals surface area contributed by atoms with Crippen LogP contribution < -0.4 is 14.4 Å². The number of nitrogens with one attached hydrogen (secondary N) is 1. The maximum Gasteiger partial charge on any atom is 0.264 e. The summed E-state index contributed by atoms with van der Waals surface area (Å²) >= 11 is 1.49. The number of hydrogen-bond donors (Lipinski definition) is 1. The summed E-state index contributed by atoms with van der Waals surface area (Å²) in [4.78, 5) is 31.4. The maximum atomic E-state index is 14.8. The summed E-state index contributed by atoms with van der Waals surface area (Å²) < 4.78 is 49.8. The number of para-hydroxylation sites is 2. The van der Waals surface area contributed by atoms with Crippen LogP contribution in [0.2, 0.25) is 0 Å². The maximum absolute atomic E-state index is 14.8. The van der Waals surface area contributed by atoms with Gasteiger partial charge in [0.15, 0.2) is 0 Å². The molecule has 0 spiro atoms. The first kappa shape index (κ1) is 36.9. The molecule has 1 aliphatic carbocycles. The third-order valence-corrected chi connectivity index (χ3v) is 11.4. The van der Waals surface area contributed by atoms with Gasteiger partial charge in [-0.15, -0.1) is 11.8 Å². The third-order valence-electron chi connectivity index (χ3n) is 8.85. The molecule has 264 valence electrons. The summed E-state index contributed by atoms with van der Waals surface area (Å²) in [6.45, 7) is 1.42. The molecule has 4 aromatic carbocycles. The third kappa shape index (κ3) is 9.45. The topological polar surface area (TPSA) is 96.0 Å². The number of thioether (sulfide) groups is 1. The lowest BCUT2D eigenvalue weighted by Gasteiger charge is -2.35. The normalized spacial score (nSPS) is 14.1. The minimum absolute atomic E-state index is 0.00960. The Kier molecular flexibility index (Phi) is 12.9. The fraction of sp³-hybridized carbons (Fsp3) is 0.333. The van der Waals surface area contributed by atoms with Crippen molar-refractivity contribution in [1.29, 1.82) is 0 Å². The van der Waals surface area contributed by atoms with Gasteiger partial charge < -0.3 is 15.0 Å². The summed E-state index contributed by atoms with van der Waals surface area (Å²) in [6, 6.07) is 27.4. The van der Waals surface area contributed by atoms with Gasteiger partial charge in [-0.05, 0) is 85.7 Å². The Morgan fingerprint density at radius 3 is 2.20 bits per heavy atom. The lowest BCUT2D eigenvalue weighted by molar-refractivity contribution is -0.140. The Labute approximate surface area is 299 Å². The molecule has 1 aliphatic rings. The fourth-order valence-electron chi connectivity index (χ4n) is 6.21. The Morgan fingerprint density at radius 1 is 0.880 bits per heavy atom. The molecule has 1 fully saturated rings. The molecule has 1 atom stereocenters. The van der Waals surface area contributed by atoms with Crippen molar-refractivity contribution in [3.05, 3.63) is 120 Å². The zero-order valence-corrected chi connectivity index (χ0v) is 30.1. The fourth-order valence-corrected chi connectivity index (χ4v) is 8.05. The first-order valence-corrected chi connectivity index (χ1v) is 19.6. The van der Waals surface area contributed by atoms with E-state index in [0.717, 1.165) is 46.9 Å². The van der Waals surface area contributed by atoms with Crippen LogP contribution in [0.25, 0.3) is 0 Å². The van der Waals surface area contributed by atoms with Crippen LogP contribution in [0, 0.1) is 5.82 Å². The highest BCUT2D eigenvalue weighted by molar-refractivity contribution is 7.98. The molecule has 0 aliphatic heterocycles. The van der Waals surface area contributed by atoms with Crippen LogP contribution >= 0.6 is 11.8 Å². The largest absolute Gasteiger partial charge is 0.492 e. The van der Waals surface area contributed by atoms with Crippen molar-refractivity contribution in [3.8, 4) is 5.75 Å². The number of anilines is 1. The van der Waals surface area contributed by atoms with Gasteiger partial charge in [-0.2, -0.15) is 0 Å². The van der Waals surface area contributed by atoms with Crippen LogP contribution in [0.1, 0.15) is 50.2 Å². The van der Waals surface area contributed by atoms with Gasteiger partial charge in [0.2, 0.25) is 11.8 Å². The van der Waals surface area contributed by atoms with E-state index in [4.69, 9.17) is 4.74 Å². The zero-order valence-electron chi connectivity index (χ0n) is 28.5. The summed E-state index contributed by atoms with van der Waals surface area (Å²) in [6.07, 6.45) is 6.94. The van der Waals surface area contributed by atoms with Crippen LogP contribution in [0.4, 0.5) is 10.1 Å². The Morgan fingerprint density at radius 2 is 1.54 bits per heavy atom. The van der Waals surface area contributed by atoms with Gasteiger partial charge in [0.1, 0.15) is 24.2 Å². The molecule has 1 saturated carbocycles. The molecule has 2 amide bonds. The Hall–Kier alpha value is -4.35. The number of amides is 2. The molecule has 0 heterocycles. The quantitative estimate of drug-likeness (QED) is 0.131. The molecular weight excluding hydrogens is 674 g/mol. The first-order chi connectivity index (χ1) is 24.2. The second-order valence-corrected chi connectivity index (χ2v) is 15.0. The van der Waals surface area contributed by atoms with Crippen LogP contribution in [0.3, 0.4) is 0 Å². The number of carbonyl (C=O) groups is 2. The van der Waals surface area contributed by atoms with E-state index in [-0.39, 0.29) is 42.1 Å². The van der Waals surface area contributed by atoms with Gasteiger partial charge in [0, 0.05) is 23.9 Å². The molecule has 4 aromatic rings. The molecule has 8 nitrogen and oxygen atoms in total. The van der Waals surface area contributed by atoms with Gasteiger partial charge in [0.25, 0.3) is 10.0 Å². The lowest BCUT2D eigenvalue weighted by atomic mass is 9.94. The highest BCUT2D eigenvalue weighted by Gasteiger charge is 2.36. The molecule has 11 heteroatoms. The highest BCUT2D eigenvalue weighted by atomic mass is 32.2. The number of halogens is 1. The van der Waals surface area contributed by atoms with Crippen molar-refractivity contribution in [1.82, 2.24) is 10.2 Å². The second kappa shape index (κ2) is 17.5. The standard InChI is InChI=1S/C39H44FN3O5S2/c1-3-48-37-17-11-10-16-35(37)43(50(46,47)34-24-22-33(49-2)23-25-34)28-38(44)42(27-30-18-20-31(40)21-19-30)36(26-29-12-6-4-7-13-29)39(45)41-32-14-8-5-9-15-32/h4,6-7,10-13,16-25,32,36H,3,5,8-9,14-15,26-28H2,1-2H3,(H,41,45)/t36-/m0/s1. The lowest BCUT2D eigenvalue weighted by Crippen LogP contribution is -2.55. The van der Waals surface area contributed by atoms with E-state index in [9.17, 15) is 22.4 Å². The van der Waals surface area contributed by atoms with Gasteiger partial charge in [-0.3, -0.25) is 13.9 Å². The van der Waals surface area contributed by atoms with Crippen molar-refractivity contribution in [2.24, 2.45) is 0 Å². The summed E-state index contributed by atoms with van der Waals surface area (Å²) in [7, 11) is -4.31. The van der Waals surface area contributed by atoms with Crippen molar-refractivity contribution >= 4 is 39.3 Å². The van der Waals surface area contributed by atoms with Crippen molar-refractivity contribution in [2.75, 3.05) is 23.7 Å². The minimum atomic E-state index is -4.31. The number of ether oxygens (including phenoxy) is 1. The predicted octanol–water partition coefficient (Wildman–Crippen LogP) is 7.23. The molecule has 0 aromatic heterocycles. The minimum Gasteiger partial charge on any atom is -0.492 e. The monoisotopic (exact) mass is 717 g/mol. The summed E-state index contributed by atoms with van der Waals surface area (Å²) in [5.41, 5.74) is 1.64. The van der Waals surface area contributed by atoms with E-state index in [1.54, 1.807) is 55.5 Å². The molecule has 0 unspecified atom stereocenters. The summed E-state index contributed by atoms with van der Waals surface area (Å²) in [5.74, 6) is -1.04. The van der Waals surface area contributed by atoms with E-state index < -0.39 is 34.3 Å². The van der Waals surface area contributed by atoms with E-state index >= 15 is 0 Å². The van der Waals surface area contributed by atoms with E-state index in [2.05, 4.69) is 5.32 Å². The first-order valence-electron chi connectivity index (χ1n) is 17.0. The zero-order chi connectivity index (χ0) is 35.5. The SMILES string of the molecule is CCOc1ccccc1N(CC(=O)N(Cc1ccc(F)cc1)[C@@H](Cc1ccccc1)C(=O)NC1CCCCC1)S(=O)(=O)c1ccc(SC)cc1. The molecule has 0 saturated heterocycles. The average molecular weight is 718 g/mol. The molecule has 5 rings (SSSR count). The molecular formula is C39H44FN3O5S2. The van der Waals surface area contributed by atoms with Crippen LogP contribution in [0.15, 0.2) is 113 Å². The van der Waals surface area contributed by atoms with Crippen molar-refractivity contribution in [3.63, 3.8) is 0 Å². The van der Waals surface area contributed by atoms with Crippen molar-refractivity contribution in [2.45, 2.75) is 73.9 Å². The Balaban J connectivity index is 1.59. The molecule has 0 bridgehead atoms. The second-order valence-electron chi connectivity index (χ2n) is 12.3. The van der Waals surface area contributed by atoms with E-state index in [1.807, 2.05) is 36.6 Å². The Bertz CT molecular complexity index is 1820.